The number of hydrogen-bond acceptors (Lipinski definition) is 6. The number of benzene rings is 1. The van der Waals surface area contributed by atoms with E-state index in [4.69, 9.17) is 15.0 Å². The maximum Gasteiger partial charge on any atom is 0.408 e. The molecular formula is C16H23N3O4. The fraction of sp³-hybridized carbons (Fsp3) is 0.500. The van der Waals surface area contributed by atoms with E-state index in [1.807, 2.05) is 30.3 Å². The minimum absolute atomic E-state index is 0.0114. The molecule has 7 heteroatoms. The van der Waals surface area contributed by atoms with Gasteiger partial charge >= 0.3 is 6.09 Å². The van der Waals surface area contributed by atoms with Gasteiger partial charge in [0.25, 0.3) is 0 Å². The lowest BCUT2D eigenvalue weighted by atomic mass is 10.2. The van der Waals surface area contributed by atoms with E-state index in [0.717, 1.165) is 5.56 Å². The van der Waals surface area contributed by atoms with Crippen molar-refractivity contribution in [2.24, 2.45) is 5.11 Å². The van der Waals surface area contributed by atoms with E-state index >= 15 is 0 Å². The number of rotatable bonds is 8. The van der Waals surface area contributed by atoms with Crippen molar-refractivity contribution in [1.82, 2.24) is 5.32 Å². The smallest absolute Gasteiger partial charge is 0.408 e. The van der Waals surface area contributed by atoms with E-state index in [0.29, 0.717) is 6.61 Å². The molecule has 0 aromatic heterocycles. The van der Waals surface area contributed by atoms with E-state index in [-0.39, 0.29) is 13.2 Å². The molecule has 0 saturated carbocycles. The molecule has 7 nitrogen and oxygen atoms in total. The van der Waals surface area contributed by atoms with Crippen LogP contribution in [0.15, 0.2) is 35.4 Å². The maximum atomic E-state index is 11.9. The van der Waals surface area contributed by atoms with Crippen LogP contribution in [0.25, 0.3) is 0 Å². The average molecular weight is 321 g/mol. The van der Waals surface area contributed by atoms with Crippen molar-refractivity contribution in [2.45, 2.75) is 39.0 Å². The van der Waals surface area contributed by atoms with Crippen LogP contribution in [0, 0.1) is 5.53 Å². The third kappa shape index (κ3) is 8.06. The van der Waals surface area contributed by atoms with Gasteiger partial charge in [0.15, 0.2) is 5.78 Å². The Balaban J connectivity index is 2.56. The Morgan fingerprint density at radius 1 is 1.26 bits per heavy atom. The number of nitrogens with one attached hydrogen (secondary N) is 2. The van der Waals surface area contributed by atoms with Crippen LogP contribution in [0.5, 0.6) is 0 Å². The van der Waals surface area contributed by atoms with Crippen LogP contribution in [-0.2, 0) is 20.9 Å². The lowest BCUT2D eigenvalue weighted by Gasteiger charge is -2.22. The molecule has 1 amide bonds. The number of ether oxygens (including phenoxy) is 2. The van der Waals surface area contributed by atoms with Gasteiger partial charge < -0.3 is 14.8 Å². The molecule has 0 heterocycles. The second-order valence-corrected chi connectivity index (χ2v) is 5.98. The van der Waals surface area contributed by atoms with Gasteiger partial charge in [-0.1, -0.05) is 30.3 Å². The first-order valence-corrected chi connectivity index (χ1v) is 7.29. The van der Waals surface area contributed by atoms with E-state index in [1.165, 1.54) is 0 Å². The number of Topliss-reactive ketones (excluding diaryl/α,β-unsaturated/α-hetero) is 1. The van der Waals surface area contributed by atoms with Crippen LogP contribution in [0.2, 0.25) is 0 Å². The predicted octanol–water partition coefficient (Wildman–Crippen LogP) is 2.70. The number of alkyl carbamates (subject to hydrolysis) is 1. The van der Waals surface area contributed by atoms with Gasteiger partial charge in [-0.25, -0.2) is 10.3 Å². The molecule has 1 atom stereocenters. The van der Waals surface area contributed by atoms with Gasteiger partial charge in [0.1, 0.15) is 18.2 Å². The second kappa shape index (κ2) is 8.99. The van der Waals surface area contributed by atoms with Gasteiger partial charge in [-0.15, -0.1) is 0 Å². The van der Waals surface area contributed by atoms with Crippen molar-refractivity contribution < 1.29 is 19.1 Å². The lowest BCUT2D eigenvalue weighted by Crippen LogP contribution is -2.46. The molecule has 23 heavy (non-hydrogen) atoms. The summed E-state index contributed by atoms with van der Waals surface area (Å²) < 4.78 is 10.6. The zero-order chi connectivity index (χ0) is 17.3. The monoisotopic (exact) mass is 321 g/mol. The summed E-state index contributed by atoms with van der Waals surface area (Å²) >= 11 is 0. The van der Waals surface area contributed by atoms with Gasteiger partial charge in [-0.05, 0) is 26.3 Å². The topological polar surface area (TPSA) is 101 Å². The summed E-state index contributed by atoms with van der Waals surface area (Å²) in [5.41, 5.74) is 7.08. The minimum atomic E-state index is -0.900. The van der Waals surface area contributed by atoms with Crippen molar-refractivity contribution >= 4 is 11.9 Å². The Morgan fingerprint density at radius 2 is 1.91 bits per heavy atom. The molecule has 1 unspecified atom stereocenters. The van der Waals surface area contributed by atoms with Crippen LogP contribution in [0.1, 0.15) is 26.3 Å². The van der Waals surface area contributed by atoms with E-state index < -0.39 is 23.5 Å². The SMILES string of the molecule is CC(C)(C)OC(=O)NC(COCc1ccccc1)C(=O)CN=N. The lowest BCUT2D eigenvalue weighted by molar-refractivity contribution is -0.121. The number of amides is 1. The molecule has 0 bridgehead atoms. The van der Waals surface area contributed by atoms with Gasteiger partial charge in [-0.2, -0.15) is 5.11 Å². The third-order valence-corrected chi connectivity index (χ3v) is 2.71. The first kappa shape index (κ1) is 18.8. The molecule has 126 valence electrons. The molecule has 0 fully saturated rings. The van der Waals surface area contributed by atoms with Crippen LogP contribution < -0.4 is 5.32 Å². The molecule has 0 aliphatic heterocycles. The quantitative estimate of drug-likeness (QED) is 0.719. The highest BCUT2D eigenvalue weighted by Gasteiger charge is 2.24. The molecular weight excluding hydrogens is 298 g/mol. The van der Waals surface area contributed by atoms with Crippen LogP contribution in [-0.4, -0.2) is 36.7 Å². The fourth-order valence-electron chi connectivity index (χ4n) is 1.72. The molecule has 0 aliphatic rings. The number of carbonyl (C=O) groups excluding carboxylic acids is 2. The normalized spacial score (nSPS) is 12.3. The zero-order valence-electron chi connectivity index (χ0n) is 13.7. The van der Waals surface area contributed by atoms with Gasteiger partial charge in [0.2, 0.25) is 0 Å². The van der Waals surface area contributed by atoms with E-state index in [2.05, 4.69) is 10.4 Å². The Hall–Kier alpha value is -2.28. The molecule has 0 saturated heterocycles. The van der Waals surface area contributed by atoms with Crippen molar-refractivity contribution in [1.29, 1.82) is 5.53 Å². The van der Waals surface area contributed by atoms with Crippen molar-refractivity contribution in [3.63, 3.8) is 0 Å². The molecule has 1 aromatic carbocycles. The second-order valence-electron chi connectivity index (χ2n) is 5.98. The Bertz CT molecular complexity index is 526. The maximum absolute atomic E-state index is 11.9. The number of nitrogens with zero attached hydrogens (tertiary/aromatic N) is 1. The summed E-state index contributed by atoms with van der Waals surface area (Å²) in [6.07, 6.45) is -0.704. The fourth-order valence-corrected chi connectivity index (χ4v) is 1.72. The molecule has 0 aliphatic carbocycles. The van der Waals surface area contributed by atoms with Gasteiger partial charge in [0, 0.05) is 0 Å². The summed E-state index contributed by atoms with van der Waals surface area (Å²) in [4.78, 5) is 23.7. The van der Waals surface area contributed by atoms with Crippen molar-refractivity contribution in [3.05, 3.63) is 35.9 Å². The summed E-state index contributed by atoms with van der Waals surface area (Å²) in [6.45, 7) is 5.19. The summed E-state index contributed by atoms with van der Waals surface area (Å²) in [7, 11) is 0. The van der Waals surface area contributed by atoms with Gasteiger partial charge in [0.05, 0.1) is 13.2 Å². The minimum Gasteiger partial charge on any atom is -0.444 e. The molecule has 0 radical (unpaired) electrons. The Kier molecular flexibility index (Phi) is 7.34. The van der Waals surface area contributed by atoms with Crippen molar-refractivity contribution in [3.8, 4) is 0 Å². The highest BCUT2D eigenvalue weighted by Crippen LogP contribution is 2.07. The molecule has 0 spiro atoms. The number of carbonyl (C=O) groups is 2. The standard InChI is InChI=1S/C16H23N3O4/c1-16(2,3)23-15(21)19-13(14(20)9-18-17)11-22-10-12-7-5-4-6-8-12/h4-8,13,17H,9-11H2,1-3H3,(H,19,21). The zero-order valence-corrected chi connectivity index (χ0v) is 13.7. The predicted molar refractivity (Wildman–Crippen MR) is 84.3 cm³/mol. The Labute approximate surface area is 135 Å². The average Bonchev–Trinajstić information content (AvgIpc) is 2.45. The summed E-state index contributed by atoms with van der Waals surface area (Å²) in [6, 6.07) is 8.57. The molecule has 1 rings (SSSR count). The van der Waals surface area contributed by atoms with Crippen LogP contribution in [0.4, 0.5) is 4.79 Å². The molecule has 1 aromatic rings. The highest BCUT2D eigenvalue weighted by atomic mass is 16.6. The molecule has 2 N–H and O–H groups in total. The van der Waals surface area contributed by atoms with Crippen LogP contribution in [0.3, 0.4) is 0 Å². The summed E-state index contributed by atoms with van der Waals surface area (Å²) in [5, 5.41) is 5.52. The van der Waals surface area contributed by atoms with Crippen molar-refractivity contribution in [2.75, 3.05) is 13.2 Å². The Morgan fingerprint density at radius 3 is 2.48 bits per heavy atom. The first-order chi connectivity index (χ1) is 10.8. The number of ketones is 1. The highest BCUT2D eigenvalue weighted by molar-refractivity contribution is 5.89. The third-order valence-electron chi connectivity index (χ3n) is 2.71. The van der Waals surface area contributed by atoms with Gasteiger partial charge in [-0.3, -0.25) is 4.79 Å². The van der Waals surface area contributed by atoms with Crippen LogP contribution >= 0.6 is 0 Å². The number of hydrogen-bond donors (Lipinski definition) is 2. The summed E-state index contributed by atoms with van der Waals surface area (Å²) in [5.74, 6) is -0.404. The van der Waals surface area contributed by atoms with E-state index in [9.17, 15) is 9.59 Å². The largest absolute Gasteiger partial charge is 0.444 e. The van der Waals surface area contributed by atoms with E-state index in [1.54, 1.807) is 20.8 Å². The first-order valence-electron chi connectivity index (χ1n) is 7.29.